The standard InChI is InChI=1S/C13H18/c1-3-12(2)8-7-11-13-9-5-4-6-10-13/h3-6,9,12H,7-8,11H2,1-2H3. The molecule has 1 atom stereocenters. The highest BCUT2D eigenvalue weighted by Gasteiger charge is 1.98. The quantitative estimate of drug-likeness (QED) is 0.639. The first-order valence-corrected chi connectivity index (χ1v) is 5.08. The maximum absolute atomic E-state index is 3.25. The van der Waals surface area contributed by atoms with Gasteiger partial charge in [0.1, 0.15) is 0 Å². The molecule has 0 heterocycles. The molecule has 2 radical (unpaired) electrons. The average Bonchev–Trinajstić information content (AvgIpc) is 2.19. The monoisotopic (exact) mass is 174 g/mol. The third kappa shape index (κ3) is 4.12. The Balaban J connectivity index is 2.20. The summed E-state index contributed by atoms with van der Waals surface area (Å²) in [7, 11) is 0. The van der Waals surface area contributed by atoms with Crippen LogP contribution in [-0.4, -0.2) is 0 Å². The Kier molecular flexibility index (Phi) is 4.59. The second kappa shape index (κ2) is 5.80. The van der Waals surface area contributed by atoms with Crippen molar-refractivity contribution in [1.82, 2.24) is 0 Å². The van der Waals surface area contributed by atoms with Crippen LogP contribution in [0, 0.1) is 18.4 Å². The maximum atomic E-state index is 3.25. The van der Waals surface area contributed by atoms with Gasteiger partial charge in [-0.2, -0.15) is 0 Å². The number of hydrogen-bond donors (Lipinski definition) is 0. The Morgan fingerprint density at radius 2 is 2.31 bits per heavy atom. The van der Waals surface area contributed by atoms with Crippen LogP contribution >= 0.6 is 0 Å². The molecule has 0 nitrogen and oxygen atoms in total. The Morgan fingerprint density at radius 1 is 1.46 bits per heavy atom. The van der Waals surface area contributed by atoms with Crippen molar-refractivity contribution in [1.29, 1.82) is 0 Å². The molecule has 0 fully saturated rings. The highest BCUT2D eigenvalue weighted by atomic mass is 14.0. The minimum atomic E-state index is 0.753. The van der Waals surface area contributed by atoms with E-state index in [9.17, 15) is 0 Å². The second-order valence-corrected chi connectivity index (χ2v) is 3.59. The molecule has 0 spiro atoms. The van der Waals surface area contributed by atoms with Crippen molar-refractivity contribution in [2.45, 2.75) is 33.1 Å². The minimum absolute atomic E-state index is 0.753. The van der Waals surface area contributed by atoms with Gasteiger partial charge in [-0.1, -0.05) is 44.5 Å². The van der Waals surface area contributed by atoms with E-state index in [0.717, 1.165) is 5.92 Å². The summed E-state index contributed by atoms with van der Waals surface area (Å²) in [5, 5.41) is 0. The van der Waals surface area contributed by atoms with Gasteiger partial charge >= 0.3 is 0 Å². The van der Waals surface area contributed by atoms with Gasteiger partial charge in [0.05, 0.1) is 0 Å². The summed E-state index contributed by atoms with van der Waals surface area (Å²) in [6.45, 7) is 4.41. The van der Waals surface area contributed by atoms with E-state index >= 15 is 0 Å². The van der Waals surface area contributed by atoms with Crippen LogP contribution in [0.5, 0.6) is 0 Å². The van der Waals surface area contributed by atoms with Crippen LogP contribution in [0.1, 0.15) is 32.3 Å². The first-order valence-electron chi connectivity index (χ1n) is 5.08. The molecule has 0 heteroatoms. The third-order valence-electron chi connectivity index (χ3n) is 2.45. The van der Waals surface area contributed by atoms with Crippen molar-refractivity contribution in [3.8, 4) is 0 Å². The van der Waals surface area contributed by atoms with Crippen LogP contribution < -0.4 is 0 Å². The lowest BCUT2D eigenvalue weighted by Gasteiger charge is -2.06. The van der Waals surface area contributed by atoms with E-state index < -0.39 is 0 Å². The highest BCUT2D eigenvalue weighted by Crippen LogP contribution is 2.11. The molecule has 0 aliphatic carbocycles. The Hall–Kier alpha value is -0.780. The van der Waals surface area contributed by atoms with Crippen LogP contribution in [0.25, 0.3) is 0 Å². The van der Waals surface area contributed by atoms with Gasteiger partial charge in [0, 0.05) is 0 Å². The highest BCUT2D eigenvalue weighted by molar-refractivity contribution is 5.12. The van der Waals surface area contributed by atoms with Crippen molar-refractivity contribution < 1.29 is 0 Å². The Labute approximate surface area is 82.0 Å². The molecule has 0 saturated carbocycles. The SMILES string of the molecule is C[CH]C(C)CCCc1[c]cccc1. The molecular formula is C13H18. The predicted octanol–water partition coefficient (Wildman–Crippen LogP) is 3.67. The van der Waals surface area contributed by atoms with Crippen LogP contribution in [0.15, 0.2) is 24.3 Å². The summed E-state index contributed by atoms with van der Waals surface area (Å²) in [5.74, 6) is 0.753. The van der Waals surface area contributed by atoms with Gasteiger partial charge in [0.2, 0.25) is 0 Å². The lowest BCUT2D eigenvalue weighted by molar-refractivity contribution is 0.573. The molecule has 0 aromatic heterocycles. The molecule has 0 N–H and O–H groups in total. The number of hydrogen-bond acceptors (Lipinski definition) is 0. The summed E-state index contributed by atoms with van der Waals surface area (Å²) in [6, 6.07) is 11.5. The minimum Gasteiger partial charge on any atom is -0.0622 e. The number of rotatable bonds is 5. The van der Waals surface area contributed by atoms with Gasteiger partial charge in [0.15, 0.2) is 0 Å². The van der Waals surface area contributed by atoms with Gasteiger partial charge < -0.3 is 0 Å². The van der Waals surface area contributed by atoms with E-state index in [2.05, 4.69) is 38.5 Å². The van der Waals surface area contributed by atoms with E-state index in [1.165, 1.54) is 24.8 Å². The Morgan fingerprint density at radius 3 is 2.92 bits per heavy atom. The van der Waals surface area contributed by atoms with Gasteiger partial charge in [-0.05, 0) is 36.8 Å². The number of aryl methyl sites for hydroxylation is 1. The first-order chi connectivity index (χ1) is 6.33. The first kappa shape index (κ1) is 10.3. The normalized spacial score (nSPS) is 12.8. The molecule has 0 aliphatic heterocycles. The van der Waals surface area contributed by atoms with Crippen LogP contribution in [-0.2, 0) is 6.42 Å². The fraction of sp³-hybridized carbons (Fsp3) is 0.462. The summed E-state index contributed by atoms with van der Waals surface area (Å²) in [5.41, 5.74) is 1.34. The average molecular weight is 174 g/mol. The van der Waals surface area contributed by atoms with Gasteiger partial charge in [0.25, 0.3) is 0 Å². The van der Waals surface area contributed by atoms with E-state index in [-0.39, 0.29) is 0 Å². The van der Waals surface area contributed by atoms with E-state index in [4.69, 9.17) is 0 Å². The molecule has 1 aromatic rings. The zero-order chi connectivity index (χ0) is 9.52. The Bertz CT molecular complexity index is 213. The molecule has 1 unspecified atom stereocenters. The van der Waals surface area contributed by atoms with Crippen molar-refractivity contribution >= 4 is 0 Å². The zero-order valence-corrected chi connectivity index (χ0v) is 8.59. The molecule has 1 aromatic carbocycles. The molecule has 0 saturated heterocycles. The molecule has 0 amide bonds. The lowest BCUT2D eigenvalue weighted by Crippen LogP contribution is -1.94. The van der Waals surface area contributed by atoms with Gasteiger partial charge in [-0.25, -0.2) is 0 Å². The van der Waals surface area contributed by atoms with Crippen LogP contribution in [0.3, 0.4) is 0 Å². The molecule has 0 bridgehead atoms. The molecule has 13 heavy (non-hydrogen) atoms. The fourth-order valence-corrected chi connectivity index (χ4v) is 1.37. The summed E-state index contributed by atoms with van der Waals surface area (Å²) in [4.78, 5) is 0. The van der Waals surface area contributed by atoms with Crippen LogP contribution in [0.4, 0.5) is 0 Å². The van der Waals surface area contributed by atoms with Crippen LogP contribution in [0.2, 0.25) is 0 Å². The maximum Gasteiger partial charge on any atom is -0.0149 e. The largest absolute Gasteiger partial charge is 0.0622 e. The topological polar surface area (TPSA) is 0 Å². The van der Waals surface area contributed by atoms with E-state index in [0.29, 0.717) is 0 Å². The second-order valence-electron chi connectivity index (χ2n) is 3.59. The third-order valence-corrected chi connectivity index (χ3v) is 2.45. The predicted molar refractivity (Wildman–Crippen MR) is 57.4 cm³/mol. The summed E-state index contributed by atoms with van der Waals surface area (Å²) < 4.78 is 0. The van der Waals surface area contributed by atoms with E-state index in [1.54, 1.807) is 0 Å². The lowest BCUT2D eigenvalue weighted by atomic mass is 9.99. The number of benzene rings is 1. The zero-order valence-electron chi connectivity index (χ0n) is 8.59. The summed E-state index contributed by atoms with van der Waals surface area (Å²) >= 11 is 0. The van der Waals surface area contributed by atoms with Gasteiger partial charge in [-0.15, -0.1) is 0 Å². The van der Waals surface area contributed by atoms with Gasteiger partial charge in [-0.3, -0.25) is 0 Å². The molecule has 1 rings (SSSR count). The van der Waals surface area contributed by atoms with E-state index in [1.807, 2.05) is 12.1 Å². The van der Waals surface area contributed by atoms with Crippen molar-refractivity contribution in [2.24, 2.45) is 5.92 Å². The molecule has 0 aliphatic rings. The smallest absolute Gasteiger partial charge is 0.0149 e. The van der Waals surface area contributed by atoms with Crippen molar-refractivity contribution in [2.75, 3.05) is 0 Å². The van der Waals surface area contributed by atoms with Crippen molar-refractivity contribution in [3.63, 3.8) is 0 Å². The summed E-state index contributed by atoms with van der Waals surface area (Å²) in [6.07, 6.45) is 6.00. The fourth-order valence-electron chi connectivity index (χ4n) is 1.37. The molecular weight excluding hydrogens is 156 g/mol. The van der Waals surface area contributed by atoms with Crippen molar-refractivity contribution in [3.05, 3.63) is 42.3 Å². The molecule has 70 valence electrons.